The molecule has 0 radical (unpaired) electrons. The summed E-state index contributed by atoms with van der Waals surface area (Å²) in [5, 5.41) is 3.73. The van der Waals surface area contributed by atoms with E-state index in [0.29, 0.717) is 23.5 Å². The highest BCUT2D eigenvalue weighted by molar-refractivity contribution is 6.30. The first-order valence-electron chi connectivity index (χ1n) is 6.33. The minimum atomic E-state index is 0.505. The molecule has 0 saturated carbocycles. The standard InChI is InChI=1S/C13H22ClN3O/c1-9(2)5-7-18-8-6-15-13-10(3)12(14)16-11(4)17-13/h9H,5-8H2,1-4H3,(H,15,16,17). The number of aryl methyl sites for hydroxylation is 1. The molecule has 0 atom stereocenters. The Labute approximate surface area is 114 Å². The molecule has 0 fully saturated rings. The highest BCUT2D eigenvalue weighted by Crippen LogP contribution is 2.19. The number of aromatic nitrogens is 2. The fourth-order valence-corrected chi connectivity index (χ4v) is 1.64. The van der Waals surface area contributed by atoms with Crippen molar-refractivity contribution in [3.63, 3.8) is 0 Å². The normalized spacial score (nSPS) is 11.0. The molecule has 18 heavy (non-hydrogen) atoms. The zero-order valence-corrected chi connectivity index (χ0v) is 12.3. The number of rotatable bonds is 7. The van der Waals surface area contributed by atoms with Gasteiger partial charge in [-0.1, -0.05) is 25.4 Å². The lowest BCUT2D eigenvalue weighted by molar-refractivity contribution is 0.132. The predicted octanol–water partition coefficient (Wildman–Crippen LogP) is 3.22. The van der Waals surface area contributed by atoms with Gasteiger partial charge in [0.1, 0.15) is 16.8 Å². The molecule has 5 heteroatoms. The molecule has 0 aliphatic carbocycles. The Bertz CT molecular complexity index is 383. The maximum Gasteiger partial charge on any atom is 0.137 e. The number of hydrogen-bond donors (Lipinski definition) is 1. The minimum Gasteiger partial charge on any atom is -0.380 e. The fraction of sp³-hybridized carbons (Fsp3) is 0.692. The third-order valence-electron chi connectivity index (χ3n) is 2.58. The lowest BCUT2D eigenvalue weighted by atomic mass is 10.1. The van der Waals surface area contributed by atoms with Crippen molar-refractivity contribution in [2.24, 2.45) is 5.92 Å². The maximum atomic E-state index is 5.99. The molecular weight excluding hydrogens is 250 g/mol. The molecule has 0 amide bonds. The molecule has 1 aromatic heterocycles. The summed E-state index contributed by atoms with van der Waals surface area (Å²) in [5.41, 5.74) is 0.879. The Morgan fingerprint density at radius 2 is 1.94 bits per heavy atom. The van der Waals surface area contributed by atoms with Crippen LogP contribution < -0.4 is 5.32 Å². The molecule has 4 nitrogen and oxygen atoms in total. The molecule has 0 bridgehead atoms. The largest absolute Gasteiger partial charge is 0.380 e. The molecule has 1 aromatic rings. The highest BCUT2D eigenvalue weighted by Gasteiger charge is 2.06. The van der Waals surface area contributed by atoms with Gasteiger partial charge in [0.05, 0.1) is 6.61 Å². The van der Waals surface area contributed by atoms with Crippen molar-refractivity contribution >= 4 is 17.4 Å². The van der Waals surface area contributed by atoms with Crippen LogP contribution in [-0.4, -0.2) is 29.7 Å². The average molecular weight is 272 g/mol. The van der Waals surface area contributed by atoms with Crippen LogP contribution in [-0.2, 0) is 4.74 Å². The topological polar surface area (TPSA) is 47.0 Å². The lowest BCUT2D eigenvalue weighted by Gasteiger charge is -2.11. The number of ether oxygens (including phenoxy) is 1. The number of nitrogens with zero attached hydrogens (tertiary/aromatic N) is 2. The first-order chi connectivity index (χ1) is 8.50. The summed E-state index contributed by atoms with van der Waals surface area (Å²) in [6, 6.07) is 0. The smallest absolute Gasteiger partial charge is 0.137 e. The van der Waals surface area contributed by atoms with E-state index in [1.54, 1.807) is 0 Å². The van der Waals surface area contributed by atoms with E-state index in [2.05, 4.69) is 29.1 Å². The van der Waals surface area contributed by atoms with Crippen molar-refractivity contribution in [2.45, 2.75) is 34.1 Å². The van der Waals surface area contributed by atoms with Crippen molar-refractivity contribution in [1.82, 2.24) is 9.97 Å². The Kier molecular flexibility index (Phi) is 6.36. The van der Waals surface area contributed by atoms with E-state index in [1.165, 1.54) is 0 Å². The fourth-order valence-electron chi connectivity index (χ4n) is 1.43. The lowest BCUT2D eigenvalue weighted by Crippen LogP contribution is -2.13. The molecule has 0 aliphatic heterocycles. The summed E-state index contributed by atoms with van der Waals surface area (Å²) in [4.78, 5) is 8.41. The van der Waals surface area contributed by atoms with E-state index < -0.39 is 0 Å². The first kappa shape index (κ1) is 15.2. The van der Waals surface area contributed by atoms with E-state index in [4.69, 9.17) is 16.3 Å². The van der Waals surface area contributed by atoms with Crippen LogP contribution in [0, 0.1) is 19.8 Å². The van der Waals surface area contributed by atoms with Crippen LogP contribution in [0.25, 0.3) is 0 Å². The first-order valence-corrected chi connectivity index (χ1v) is 6.71. The van der Waals surface area contributed by atoms with Crippen LogP contribution in [0.1, 0.15) is 31.7 Å². The van der Waals surface area contributed by atoms with Crippen LogP contribution in [0.2, 0.25) is 5.15 Å². The van der Waals surface area contributed by atoms with Gasteiger partial charge in [-0.05, 0) is 26.2 Å². The van der Waals surface area contributed by atoms with Crippen molar-refractivity contribution in [1.29, 1.82) is 0 Å². The van der Waals surface area contributed by atoms with Gasteiger partial charge in [-0.2, -0.15) is 0 Å². The second-order valence-electron chi connectivity index (χ2n) is 4.76. The van der Waals surface area contributed by atoms with E-state index >= 15 is 0 Å². The molecule has 1 rings (SSSR count). The Morgan fingerprint density at radius 1 is 1.22 bits per heavy atom. The van der Waals surface area contributed by atoms with E-state index in [0.717, 1.165) is 31.0 Å². The predicted molar refractivity (Wildman–Crippen MR) is 75.3 cm³/mol. The molecular formula is C13H22ClN3O. The van der Waals surface area contributed by atoms with Crippen molar-refractivity contribution in [3.8, 4) is 0 Å². The van der Waals surface area contributed by atoms with Gasteiger partial charge in [-0.25, -0.2) is 9.97 Å². The van der Waals surface area contributed by atoms with Crippen LogP contribution in [0.15, 0.2) is 0 Å². The van der Waals surface area contributed by atoms with Crippen molar-refractivity contribution in [3.05, 3.63) is 16.5 Å². The number of hydrogen-bond acceptors (Lipinski definition) is 4. The van der Waals surface area contributed by atoms with Gasteiger partial charge >= 0.3 is 0 Å². The van der Waals surface area contributed by atoms with E-state index in [9.17, 15) is 0 Å². The van der Waals surface area contributed by atoms with Crippen molar-refractivity contribution in [2.75, 3.05) is 25.1 Å². The van der Waals surface area contributed by atoms with Gasteiger partial charge in [0, 0.05) is 18.7 Å². The van der Waals surface area contributed by atoms with Crippen LogP contribution in [0.4, 0.5) is 5.82 Å². The SMILES string of the molecule is Cc1nc(Cl)c(C)c(NCCOCCC(C)C)n1. The Morgan fingerprint density at radius 3 is 2.61 bits per heavy atom. The maximum absolute atomic E-state index is 5.99. The average Bonchev–Trinajstić information content (AvgIpc) is 2.29. The summed E-state index contributed by atoms with van der Waals surface area (Å²) in [6.45, 7) is 10.3. The van der Waals surface area contributed by atoms with Gasteiger partial charge in [0.25, 0.3) is 0 Å². The number of anilines is 1. The van der Waals surface area contributed by atoms with Crippen LogP contribution in [0.3, 0.4) is 0 Å². The number of halogens is 1. The quantitative estimate of drug-likeness (QED) is 0.611. The van der Waals surface area contributed by atoms with Gasteiger partial charge < -0.3 is 10.1 Å². The number of nitrogens with one attached hydrogen (secondary N) is 1. The monoisotopic (exact) mass is 271 g/mol. The summed E-state index contributed by atoms with van der Waals surface area (Å²) >= 11 is 5.99. The van der Waals surface area contributed by atoms with Crippen LogP contribution in [0.5, 0.6) is 0 Å². The second kappa shape index (κ2) is 7.54. The Balaban J connectivity index is 2.31. The second-order valence-corrected chi connectivity index (χ2v) is 5.11. The van der Waals surface area contributed by atoms with E-state index in [1.807, 2.05) is 13.8 Å². The zero-order chi connectivity index (χ0) is 13.5. The van der Waals surface area contributed by atoms with Crippen LogP contribution >= 0.6 is 11.6 Å². The minimum absolute atomic E-state index is 0.505. The summed E-state index contributed by atoms with van der Waals surface area (Å²) in [6.07, 6.45) is 1.09. The van der Waals surface area contributed by atoms with Gasteiger partial charge in [0.15, 0.2) is 0 Å². The molecule has 0 aliphatic rings. The van der Waals surface area contributed by atoms with E-state index in [-0.39, 0.29) is 0 Å². The summed E-state index contributed by atoms with van der Waals surface area (Å²) in [7, 11) is 0. The Hall–Kier alpha value is -0.870. The van der Waals surface area contributed by atoms with Gasteiger partial charge in [0.2, 0.25) is 0 Å². The summed E-state index contributed by atoms with van der Waals surface area (Å²) < 4.78 is 5.53. The summed E-state index contributed by atoms with van der Waals surface area (Å²) in [5.74, 6) is 2.15. The highest BCUT2D eigenvalue weighted by atomic mass is 35.5. The molecule has 0 spiro atoms. The third kappa shape index (κ3) is 5.19. The zero-order valence-electron chi connectivity index (χ0n) is 11.6. The van der Waals surface area contributed by atoms with Gasteiger partial charge in [-0.3, -0.25) is 0 Å². The molecule has 0 saturated heterocycles. The third-order valence-corrected chi connectivity index (χ3v) is 2.94. The molecule has 102 valence electrons. The molecule has 1 heterocycles. The molecule has 0 aromatic carbocycles. The van der Waals surface area contributed by atoms with Gasteiger partial charge in [-0.15, -0.1) is 0 Å². The van der Waals surface area contributed by atoms with Crippen molar-refractivity contribution < 1.29 is 4.74 Å². The molecule has 0 unspecified atom stereocenters. The molecule has 1 N–H and O–H groups in total.